The highest BCUT2D eigenvalue weighted by Crippen LogP contribution is 2.19. The van der Waals surface area contributed by atoms with Crippen molar-refractivity contribution in [2.24, 2.45) is 4.99 Å². The quantitative estimate of drug-likeness (QED) is 0.500. The largest absolute Gasteiger partial charge is 0.494 e. The molecule has 0 aliphatic carbocycles. The lowest BCUT2D eigenvalue weighted by Gasteiger charge is -2.08. The molecule has 148 valence electrons. The van der Waals surface area contributed by atoms with Crippen molar-refractivity contribution in [1.29, 1.82) is 0 Å². The normalized spacial score (nSPS) is 10.7. The highest BCUT2D eigenvalue weighted by Gasteiger charge is 2.04. The molecule has 0 aliphatic heterocycles. The fraction of sp³-hybridized carbons (Fsp3) is 0.130. The molecule has 6 heteroatoms. The molecule has 3 rings (SSSR count). The van der Waals surface area contributed by atoms with Crippen molar-refractivity contribution in [3.63, 3.8) is 0 Å². The first-order valence-corrected chi connectivity index (χ1v) is 9.55. The van der Waals surface area contributed by atoms with Crippen LogP contribution < -0.4 is 14.8 Å². The number of ether oxygens (including phenoxy) is 2. The summed E-state index contributed by atoms with van der Waals surface area (Å²) < 4.78 is 10.9. The maximum atomic E-state index is 12.0. The second-order valence-electron chi connectivity index (χ2n) is 6.10. The molecule has 1 amide bonds. The molecule has 0 saturated heterocycles. The van der Waals surface area contributed by atoms with Gasteiger partial charge in [-0.3, -0.25) is 9.79 Å². The van der Waals surface area contributed by atoms with E-state index >= 15 is 0 Å². The number of rotatable bonds is 8. The van der Waals surface area contributed by atoms with Crippen LogP contribution in [0.5, 0.6) is 11.5 Å². The molecule has 0 spiro atoms. The van der Waals surface area contributed by atoms with Crippen LogP contribution in [0, 0.1) is 0 Å². The van der Waals surface area contributed by atoms with Crippen molar-refractivity contribution >= 4 is 35.1 Å². The van der Waals surface area contributed by atoms with E-state index in [0.29, 0.717) is 23.1 Å². The van der Waals surface area contributed by atoms with Crippen LogP contribution in [0.2, 0.25) is 5.02 Å². The van der Waals surface area contributed by atoms with E-state index in [4.69, 9.17) is 21.1 Å². The maximum Gasteiger partial charge on any atom is 0.262 e. The smallest absolute Gasteiger partial charge is 0.262 e. The highest BCUT2D eigenvalue weighted by molar-refractivity contribution is 6.30. The lowest BCUT2D eigenvalue weighted by Crippen LogP contribution is -2.20. The summed E-state index contributed by atoms with van der Waals surface area (Å²) in [6.45, 7) is 2.50. The van der Waals surface area contributed by atoms with Gasteiger partial charge in [-0.1, -0.05) is 17.7 Å². The number of halogens is 1. The maximum absolute atomic E-state index is 12.0. The average molecular weight is 409 g/mol. The van der Waals surface area contributed by atoms with Crippen molar-refractivity contribution in [3.8, 4) is 11.5 Å². The molecule has 3 aromatic rings. The molecule has 0 atom stereocenters. The van der Waals surface area contributed by atoms with E-state index in [9.17, 15) is 4.79 Å². The Balaban J connectivity index is 1.50. The van der Waals surface area contributed by atoms with Crippen LogP contribution in [0.15, 0.2) is 77.8 Å². The molecule has 0 bridgehead atoms. The van der Waals surface area contributed by atoms with E-state index in [1.54, 1.807) is 42.6 Å². The molecular weight excluding hydrogens is 388 g/mol. The second kappa shape index (κ2) is 10.3. The Kier molecular flexibility index (Phi) is 7.25. The average Bonchev–Trinajstić information content (AvgIpc) is 2.73. The summed E-state index contributed by atoms with van der Waals surface area (Å²) in [6, 6.07) is 21.9. The molecule has 0 saturated carbocycles. The Bertz CT molecular complexity index is 970. The molecule has 0 heterocycles. The van der Waals surface area contributed by atoms with Crippen LogP contribution in [0.1, 0.15) is 12.5 Å². The molecule has 0 aromatic heterocycles. The number of amides is 1. The van der Waals surface area contributed by atoms with E-state index in [1.807, 2.05) is 43.3 Å². The third kappa shape index (κ3) is 6.66. The SMILES string of the molecule is CCOc1ccc(N=Cc2ccc(OCC(=O)Nc3cccc(Cl)c3)cc2)cc1. The first-order chi connectivity index (χ1) is 14.1. The second-order valence-corrected chi connectivity index (χ2v) is 6.54. The monoisotopic (exact) mass is 408 g/mol. The summed E-state index contributed by atoms with van der Waals surface area (Å²) in [5.74, 6) is 1.17. The number of carbonyl (C=O) groups is 1. The van der Waals surface area contributed by atoms with Gasteiger partial charge in [0.2, 0.25) is 0 Å². The fourth-order valence-electron chi connectivity index (χ4n) is 2.51. The van der Waals surface area contributed by atoms with Crippen LogP contribution in [0.3, 0.4) is 0 Å². The lowest BCUT2D eigenvalue weighted by molar-refractivity contribution is -0.118. The molecule has 0 fully saturated rings. The van der Waals surface area contributed by atoms with Crippen molar-refractivity contribution < 1.29 is 14.3 Å². The van der Waals surface area contributed by atoms with Crippen LogP contribution in [0.25, 0.3) is 0 Å². The fourth-order valence-corrected chi connectivity index (χ4v) is 2.70. The Labute approximate surface area is 175 Å². The number of anilines is 1. The minimum absolute atomic E-state index is 0.0911. The Morgan fingerprint density at radius 2 is 1.69 bits per heavy atom. The molecule has 1 N–H and O–H groups in total. The lowest BCUT2D eigenvalue weighted by atomic mass is 10.2. The van der Waals surface area contributed by atoms with Crippen LogP contribution >= 0.6 is 11.6 Å². The van der Waals surface area contributed by atoms with E-state index in [1.165, 1.54) is 0 Å². The van der Waals surface area contributed by atoms with Gasteiger partial charge in [-0.25, -0.2) is 0 Å². The Morgan fingerprint density at radius 3 is 2.38 bits per heavy atom. The van der Waals surface area contributed by atoms with Gasteiger partial charge in [-0.2, -0.15) is 0 Å². The summed E-state index contributed by atoms with van der Waals surface area (Å²) in [4.78, 5) is 16.4. The van der Waals surface area contributed by atoms with E-state index in [-0.39, 0.29) is 12.5 Å². The molecule has 0 aliphatic rings. The van der Waals surface area contributed by atoms with Gasteiger partial charge in [-0.15, -0.1) is 0 Å². The predicted octanol–water partition coefficient (Wildman–Crippen LogP) is 5.51. The van der Waals surface area contributed by atoms with Crippen LogP contribution in [-0.2, 0) is 4.79 Å². The number of carbonyl (C=O) groups excluding carboxylic acids is 1. The summed E-state index contributed by atoms with van der Waals surface area (Å²) in [5.41, 5.74) is 2.40. The van der Waals surface area contributed by atoms with Gasteiger partial charge in [0.1, 0.15) is 11.5 Å². The number of hydrogen-bond donors (Lipinski definition) is 1. The van der Waals surface area contributed by atoms with Crippen molar-refractivity contribution in [1.82, 2.24) is 0 Å². The number of benzene rings is 3. The molecule has 3 aromatic carbocycles. The zero-order valence-electron chi connectivity index (χ0n) is 16.0. The third-order valence-electron chi connectivity index (χ3n) is 3.87. The van der Waals surface area contributed by atoms with Crippen molar-refractivity contribution in [3.05, 3.63) is 83.4 Å². The summed E-state index contributed by atoms with van der Waals surface area (Å²) in [5, 5.41) is 3.30. The van der Waals surface area contributed by atoms with Gasteiger partial charge in [-0.05, 0) is 79.2 Å². The zero-order chi connectivity index (χ0) is 20.5. The summed E-state index contributed by atoms with van der Waals surface area (Å²) >= 11 is 5.90. The topological polar surface area (TPSA) is 59.9 Å². The highest BCUT2D eigenvalue weighted by atomic mass is 35.5. The van der Waals surface area contributed by atoms with Crippen molar-refractivity contribution in [2.75, 3.05) is 18.5 Å². The number of nitrogens with one attached hydrogen (secondary N) is 1. The van der Waals surface area contributed by atoms with E-state index < -0.39 is 0 Å². The molecule has 0 radical (unpaired) electrons. The number of hydrogen-bond acceptors (Lipinski definition) is 4. The number of nitrogens with zero attached hydrogens (tertiary/aromatic N) is 1. The van der Waals surface area contributed by atoms with E-state index in [0.717, 1.165) is 17.0 Å². The first-order valence-electron chi connectivity index (χ1n) is 9.17. The minimum Gasteiger partial charge on any atom is -0.494 e. The van der Waals surface area contributed by atoms with Gasteiger partial charge in [0.25, 0.3) is 5.91 Å². The minimum atomic E-state index is -0.256. The van der Waals surface area contributed by atoms with Gasteiger partial charge in [0.05, 0.1) is 12.3 Å². The number of aliphatic imine (C=N–C) groups is 1. The molecule has 5 nitrogen and oxygen atoms in total. The predicted molar refractivity (Wildman–Crippen MR) is 117 cm³/mol. The molecule has 29 heavy (non-hydrogen) atoms. The van der Waals surface area contributed by atoms with Gasteiger partial charge in [0, 0.05) is 16.9 Å². The third-order valence-corrected chi connectivity index (χ3v) is 4.10. The molecule has 0 unspecified atom stereocenters. The van der Waals surface area contributed by atoms with Gasteiger partial charge >= 0.3 is 0 Å². The Morgan fingerprint density at radius 1 is 1.00 bits per heavy atom. The zero-order valence-corrected chi connectivity index (χ0v) is 16.7. The van der Waals surface area contributed by atoms with Crippen LogP contribution in [0.4, 0.5) is 11.4 Å². The van der Waals surface area contributed by atoms with E-state index in [2.05, 4.69) is 10.3 Å². The standard InChI is InChI=1S/C23H21ClN2O3/c1-2-28-21-12-8-19(9-13-21)25-15-17-6-10-22(11-7-17)29-16-23(27)26-20-5-3-4-18(24)14-20/h3-15H,2,16H2,1H3,(H,26,27). The summed E-state index contributed by atoms with van der Waals surface area (Å²) in [6.07, 6.45) is 1.77. The Hall–Kier alpha value is -3.31. The van der Waals surface area contributed by atoms with Gasteiger partial charge in [0.15, 0.2) is 6.61 Å². The van der Waals surface area contributed by atoms with Crippen LogP contribution in [-0.4, -0.2) is 25.3 Å². The first kappa shape index (κ1) is 20.4. The van der Waals surface area contributed by atoms with Gasteiger partial charge < -0.3 is 14.8 Å². The molecular formula is C23H21ClN2O3. The summed E-state index contributed by atoms with van der Waals surface area (Å²) in [7, 11) is 0. The van der Waals surface area contributed by atoms with Crippen molar-refractivity contribution in [2.45, 2.75) is 6.92 Å².